The molecule has 0 aromatic carbocycles. The van der Waals surface area contributed by atoms with Gasteiger partial charge in [-0.3, -0.25) is 9.78 Å². The molecule has 2 rings (SSSR count). The van der Waals surface area contributed by atoms with E-state index in [0.29, 0.717) is 5.92 Å². The van der Waals surface area contributed by atoms with Gasteiger partial charge in [-0.25, -0.2) is 4.98 Å². The van der Waals surface area contributed by atoms with Crippen molar-refractivity contribution in [2.45, 2.75) is 33.6 Å². The lowest BCUT2D eigenvalue weighted by atomic mass is 9.95. The van der Waals surface area contributed by atoms with E-state index >= 15 is 0 Å². The zero-order chi connectivity index (χ0) is 14.0. The van der Waals surface area contributed by atoms with Crippen LogP contribution in [0.15, 0.2) is 17.0 Å². The fourth-order valence-corrected chi connectivity index (χ4v) is 2.60. The normalized spacial score (nSPS) is 19.8. The molecule has 1 unspecified atom stereocenters. The molecule has 0 aliphatic carbocycles. The van der Waals surface area contributed by atoms with E-state index < -0.39 is 0 Å². The molecule has 19 heavy (non-hydrogen) atoms. The molecule has 1 aromatic rings. The summed E-state index contributed by atoms with van der Waals surface area (Å²) in [5.74, 6) is 0.749. The smallest absolute Gasteiger partial charge is 0.227 e. The number of rotatable bonds is 2. The molecule has 1 fully saturated rings. The van der Waals surface area contributed by atoms with Gasteiger partial charge < -0.3 is 4.90 Å². The Hall–Kier alpha value is -0.970. The van der Waals surface area contributed by atoms with Crippen LogP contribution in [0.4, 0.5) is 0 Å². The van der Waals surface area contributed by atoms with Gasteiger partial charge >= 0.3 is 0 Å². The molecular weight excluding hydrogens is 306 g/mol. The second-order valence-corrected chi connectivity index (χ2v) is 7.00. The highest BCUT2D eigenvalue weighted by Gasteiger charge is 2.32. The van der Waals surface area contributed by atoms with Gasteiger partial charge in [-0.1, -0.05) is 20.8 Å². The van der Waals surface area contributed by atoms with Gasteiger partial charge in [0.25, 0.3) is 0 Å². The molecule has 4 nitrogen and oxygen atoms in total. The second kappa shape index (κ2) is 5.57. The average Bonchev–Trinajstić information content (AvgIpc) is 2.78. The van der Waals surface area contributed by atoms with Crippen molar-refractivity contribution in [1.82, 2.24) is 14.9 Å². The van der Waals surface area contributed by atoms with Crippen molar-refractivity contribution in [3.05, 3.63) is 22.7 Å². The minimum Gasteiger partial charge on any atom is -0.342 e. The van der Waals surface area contributed by atoms with Gasteiger partial charge in [-0.15, -0.1) is 0 Å². The molecule has 1 atom stereocenters. The largest absolute Gasteiger partial charge is 0.342 e. The lowest BCUT2D eigenvalue weighted by Gasteiger charge is -2.25. The highest BCUT2D eigenvalue weighted by Crippen LogP contribution is 2.25. The third kappa shape index (κ3) is 3.75. The number of likely N-dealkylation sites (tertiary alicyclic amines) is 1. The lowest BCUT2D eigenvalue weighted by molar-refractivity contribution is -0.138. The summed E-state index contributed by atoms with van der Waals surface area (Å²) in [4.78, 5) is 22.7. The van der Waals surface area contributed by atoms with Crippen molar-refractivity contribution in [3.63, 3.8) is 0 Å². The van der Waals surface area contributed by atoms with Crippen molar-refractivity contribution in [1.29, 1.82) is 0 Å². The van der Waals surface area contributed by atoms with E-state index in [1.165, 1.54) is 0 Å². The topological polar surface area (TPSA) is 46.1 Å². The van der Waals surface area contributed by atoms with E-state index in [2.05, 4.69) is 25.9 Å². The van der Waals surface area contributed by atoms with Gasteiger partial charge in [0.2, 0.25) is 5.91 Å². The Kier molecular flexibility index (Phi) is 4.23. The van der Waals surface area contributed by atoms with E-state index in [0.717, 1.165) is 36.2 Å². The molecule has 1 aliphatic rings. The molecule has 1 aliphatic heterocycles. The quantitative estimate of drug-likeness (QED) is 0.839. The van der Waals surface area contributed by atoms with Gasteiger partial charge in [-0.05, 0) is 34.7 Å². The van der Waals surface area contributed by atoms with Gasteiger partial charge in [0.1, 0.15) is 4.60 Å². The number of halogens is 1. The first-order chi connectivity index (χ1) is 8.86. The lowest BCUT2D eigenvalue weighted by Crippen LogP contribution is -2.38. The molecule has 0 spiro atoms. The summed E-state index contributed by atoms with van der Waals surface area (Å²) in [6.45, 7) is 7.63. The predicted octanol–water partition coefficient (Wildman–Crippen LogP) is 2.68. The molecule has 104 valence electrons. The molecule has 5 heteroatoms. The number of carbonyl (C=O) groups excluding carboxylic acids is 1. The predicted molar refractivity (Wildman–Crippen MR) is 77.6 cm³/mol. The minimum atomic E-state index is -0.285. The molecule has 0 N–H and O–H groups in total. The Morgan fingerprint density at radius 3 is 2.74 bits per heavy atom. The van der Waals surface area contributed by atoms with Crippen molar-refractivity contribution in [2.24, 2.45) is 11.3 Å². The van der Waals surface area contributed by atoms with Crippen LogP contribution in [-0.4, -0.2) is 33.9 Å². The maximum absolute atomic E-state index is 12.2. The van der Waals surface area contributed by atoms with Crippen molar-refractivity contribution in [3.8, 4) is 0 Å². The fourth-order valence-electron chi connectivity index (χ4n) is 2.40. The maximum Gasteiger partial charge on any atom is 0.227 e. The summed E-state index contributed by atoms with van der Waals surface area (Å²) in [5, 5.41) is 0. The zero-order valence-corrected chi connectivity index (χ0v) is 13.3. The van der Waals surface area contributed by atoms with Crippen LogP contribution < -0.4 is 0 Å². The van der Waals surface area contributed by atoms with Gasteiger partial charge in [0, 0.05) is 24.7 Å². The number of hydrogen-bond acceptors (Lipinski definition) is 3. The monoisotopic (exact) mass is 325 g/mol. The van der Waals surface area contributed by atoms with Gasteiger partial charge in [0.15, 0.2) is 0 Å². The summed E-state index contributed by atoms with van der Waals surface area (Å²) < 4.78 is 0.757. The number of nitrogens with zero attached hydrogens (tertiary/aromatic N) is 3. The first kappa shape index (κ1) is 14.4. The Bertz CT molecular complexity index is 453. The highest BCUT2D eigenvalue weighted by atomic mass is 79.9. The third-order valence-corrected chi connectivity index (χ3v) is 3.80. The van der Waals surface area contributed by atoms with Crippen LogP contribution in [-0.2, 0) is 11.2 Å². The number of aromatic nitrogens is 2. The molecule has 1 amide bonds. The minimum absolute atomic E-state index is 0.247. The Morgan fingerprint density at radius 2 is 2.16 bits per heavy atom. The van der Waals surface area contributed by atoms with E-state index in [1.807, 2.05) is 25.7 Å². The summed E-state index contributed by atoms with van der Waals surface area (Å²) in [7, 11) is 0. The summed E-state index contributed by atoms with van der Waals surface area (Å²) in [5.41, 5.74) is 0.713. The maximum atomic E-state index is 12.2. The van der Waals surface area contributed by atoms with Gasteiger partial charge in [-0.2, -0.15) is 0 Å². The molecule has 0 radical (unpaired) electrons. The SMILES string of the molecule is CC(C)(C)C(=O)N1CCC(Cc2cnc(Br)cn2)C1. The number of amides is 1. The van der Waals surface area contributed by atoms with Crippen LogP contribution in [0.1, 0.15) is 32.9 Å². The molecule has 1 saturated heterocycles. The Labute approximate surface area is 122 Å². The second-order valence-electron chi connectivity index (χ2n) is 6.19. The molecule has 2 heterocycles. The standard InChI is InChI=1S/C14H20BrN3O/c1-14(2,3)13(19)18-5-4-10(9-18)6-11-7-17-12(15)8-16-11/h7-8,10H,4-6,9H2,1-3H3. The summed E-state index contributed by atoms with van der Waals surface area (Å²) >= 11 is 3.28. The van der Waals surface area contributed by atoms with Crippen molar-refractivity contribution in [2.75, 3.05) is 13.1 Å². The van der Waals surface area contributed by atoms with Crippen LogP contribution >= 0.6 is 15.9 Å². The van der Waals surface area contributed by atoms with Gasteiger partial charge in [0.05, 0.1) is 11.9 Å². The summed E-state index contributed by atoms with van der Waals surface area (Å²) in [6.07, 6.45) is 5.48. The van der Waals surface area contributed by atoms with Crippen LogP contribution in [0.3, 0.4) is 0 Å². The number of carbonyl (C=O) groups is 1. The zero-order valence-electron chi connectivity index (χ0n) is 11.7. The molecule has 0 saturated carbocycles. The third-order valence-electron chi connectivity index (χ3n) is 3.39. The molecule has 0 bridgehead atoms. The van der Waals surface area contributed by atoms with Crippen molar-refractivity contribution < 1.29 is 4.79 Å². The van der Waals surface area contributed by atoms with Crippen LogP contribution in [0.2, 0.25) is 0 Å². The average molecular weight is 326 g/mol. The molecular formula is C14H20BrN3O. The Morgan fingerprint density at radius 1 is 1.42 bits per heavy atom. The Balaban J connectivity index is 1.92. The summed E-state index contributed by atoms with van der Waals surface area (Å²) in [6, 6.07) is 0. The first-order valence-electron chi connectivity index (χ1n) is 6.62. The van der Waals surface area contributed by atoms with E-state index in [9.17, 15) is 4.79 Å². The van der Waals surface area contributed by atoms with E-state index in [1.54, 1.807) is 12.4 Å². The number of hydrogen-bond donors (Lipinski definition) is 0. The first-order valence-corrected chi connectivity index (χ1v) is 7.41. The van der Waals surface area contributed by atoms with E-state index in [4.69, 9.17) is 0 Å². The molecule has 1 aromatic heterocycles. The fraction of sp³-hybridized carbons (Fsp3) is 0.643. The van der Waals surface area contributed by atoms with Crippen LogP contribution in [0.25, 0.3) is 0 Å². The van der Waals surface area contributed by atoms with Crippen LogP contribution in [0.5, 0.6) is 0 Å². The van der Waals surface area contributed by atoms with Crippen LogP contribution in [0, 0.1) is 11.3 Å². The highest BCUT2D eigenvalue weighted by molar-refractivity contribution is 9.10. The van der Waals surface area contributed by atoms with E-state index in [-0.39, 0.29) is 11.3 Å². The van der Waals surface area contributed by atoms with Crippen molar-refractivity contribution >= 4 is 21.8 Å².